The summed E-state index contributed by atoms with van der Waals surface area (Å²) in [6, 6.07) is 9.37. The summed E-state index contributed by atoms with van der Waals surface area (Å²) in [5.41, 5.74) is 6.09. The van der Waals surface area contributed by atoms with Crippen LogP contribution in [0, 0.1) is 0 Å². The first-order valence-corrected chi connectivity index (χ1v) is 12.9. The Bertz CT molecular complexity index is 1100. The molecule has 0 aliphatic heterocycles. The van der Waals surface area contributed by atoms with Crippen LogP contribution in [0.3, 0.4) is 0 Å². The molecular weight excluding hydrogens is 461 g/mol. The number of unbranched alkanes of at least 4 members (excludes halogenated alkanes) is 1. The Morgan fingerprint density at radius 3 is 2.47 bits per heavy atom. The van der Waals surface area contributed by atoms with E-state index in [1.165, 1.54) is 41.7 Å². The van der Waals surface area contributed by atoms with E-state index in [0.717, 1.165) is 32.1 Å². The monoisotopic (exact) mass is 483 g/mol. The second-order valence-electron chi connectivity index (χ2n) is 8.01. The topological polar surface area (TPSA) is 46.2 Å². The van der Waals surface area contributed by atoms with Crippen molar-refractivity contribution in [2.75, 3.05) is 6.54 Å². The van der Waals surface area contributed by atoms with Crippen LogP contribution in [0.4, 0.5) is 0 Å². The molecule has 0 fully saturated rings. The van der Waals surface area contributed by atoms with Gasteiger partial charge in [0.2, 0.25) is 10.0 Å². The van der Waals surface area contributed by atoms with Crippen LogP contribution in [0.1, 0.15) is 54.7 Å². The minimum atomic E-state index is -3.72. The Kier molecular flexibility index (Phi) is 6.81. The highest BCUT2D eigenvalue weighted by atomic mass is 35.5. The quantitative estimate of drug-likeness (QED) is 0.270. The first kappa shape index (κ1) is 22.2. The van der Waals surface area contributed by atoms with Gasteiger partial charge in [-0.1, -0.05) is 64.7 Å². The lowest BCUT2D eigenvalue weighted by Gasteiger charge is -2.10. The molecular formula is C23H24Cl3NO2S. The fraction of sp³-hybridized carbons (Fsp3) is 0.391. The van der Waals surface area contributed by atoms with Crippen LogP contribution in [0.15, 0.2) is 46.9 Å². The number of rotatable bonds is 7. The van der Waals surface area contributed by atoms with Gasteiger partial charge in [-0.05, 0) is 73.8 Å². The van der Waals surface area contributed by atoms with Crippen molar-refractivity contribution in [2.45, 2.75) is 55.8 Å². The minimum Gasteiger partial charge on any atom is -0.211 e. The molecule has 0 radical (unpaired) electrons. The summed E-state index contributed by atoms with van der Waals surface area (Å²) in [7, 11) is -3.72. The molecule has 0 bridgehead atoms. The number of aryl methyl sites for hydroxylation is 2. The Hall–Kier alpha value is -1.04. The first-order chi connectivity index (χ1) is 14.3. The first-order valence-electron chi connectivity index (χ1n) is 10.3. The summed E-state index contributed by atoms with van der Waals surface area (Å²) >= 11 is 17.9. The van der Waals surface area contributed by atoms with Crippen LogP contribution >= 0.6 is 34.8 Å². The molecule has 1 unspecified atom stereocenters. The molecule has 2 aliphatic carbocycles. The highest BCUT2D eigenvalue weighted by Crippen LogP contribution is 2.40. The molecule has 1 N–H and O–H groups in total. The van der Waals surface area contributed by atoms with Gasteiger partial charge in [-0.25, -0.2) is 13.1 Å². The van der Waals surface area contributed by atoms with Gasteiger partial charge in [-0.15, -0.1) is 0 Å². The predicted molar refractivity (Wildman–Crippen MR) is 124 cm³/mol. The van der Waals surface area contributed by atoms with E-state index in [9.17, 15) is 8.42 Å². The second-order valence-corrected chi connectivity index (χ2v) is 11.0. The van der Waals surface area contributed by atoms with Crippen molar-refractivity contribution in [1.29, 1.82) is 0 Å². The van der Waals surface area contributed by atoms with Gasteiger partial charge in [0.15, 0.2) is 0 Å². The highest BCUT2D eigenvalue weighted by molar-refractivity contribution is 7.89. The second kappa shape index (κ2) is 9.22. The molecule has 4 rings (SSSR count). The summed E-state index contributed by atoms with van der Waals surface area (Å²) in [5.74, 6) is 0.559. The smallest absolute Gasteiger partial charge is 0.211 e. The Morgan fingerprint density at radius 2 is 1.67 bits per heavy atom. The largest absolute Gasteiger partial charge is 0.242 e. The zero-order valence-corrected chi connectivity index (χ0v) is 19.6. The number of sulfonamides is 1. The van der Waals surface area contributed by atoms with E-state index in [0.29, 0.717) is 12.5 Å². The number of halogens is 3. The van der Waals surface area contributed by atoms with Crippen molar-refractivity contribution in [3.8, 4) is 0 Å². The Balaban J connectivity index is 1.30. The molecule has 0 saturated carbocycles. The third kappa shape index (κ3) is 4.73. The molecule has 2 aliphatic rings. The number of allylic oxidation sites excluding steroid dienone is 2. The molecule has 0 spiro atoms. The molecule has 0 heterocycles. The molecule has 30 heavy (non-hydrogen) atoms. The number of nitrogens with one attached hydrogen (secondary N) is 1. The Labute approximate surface area is 193 Å². The van der Waals surface area contributed by atoms with Gasteiger partial charge in [0.05, 0.1) is 15.1 Å². The molecule has 0 amide bonds. The van der Waals surface area contributed by atoms with Crippen LogP contribution in [0.2, 0.25) is 15.1 Å². The maximum absolute atomic E-state index is 12.5. The van der Waals surface area contributed by atoms with Crippen molar-refractivity contribution >= 4 is 44.8 Å². The third-order valence-electron chi connectivity index (χ3n) is 6.02. The molecule has 0 aromatic heterocycles. The SMILES string of the molecule is O=S(=O)(NCCCCC1=CC2CCc3cccc(c32)CC1)c1cc(Cl)c(Cl)cc1Cl. The zero-order valence-electron chi connectivity index (χ0n) is 16.6. The third-order valence-corrected chi connectivity index (χ3v) is 8.66. The summed E-state index contributed by atoms with van der Waals surface area (Å²) in [4.78, 5) is -0.0418. The average Bonchev–Trinajstić information content (AvgIpc) is 3.02. The number of hydrogen-bond acceptors (Lipinski definition) is 2. The normalized spacial score (nSPS) is 18.1. The standard InChI is InChI=1S/C23H24Cl3NO2S/c24-19-13-21(26)22(14-20(19)25)30(28,29)27-11-2-1-4-15-7-8-16-5-3-6-17-9-10-18(12-15)23(16)17/h3,5-6,12-14,18,27H,1-2,4,7-11H2. The van der Waals surface area contributed by atoms with Crippen molar-refractivity contribution in [2.24, 2.45) is 0 Å². The average molecular weight is 485 g/mol. The lowest BCUT2D eigenvalue weighted by atomic mass is 9.96. The van der Waals surface area contributed by atoms with Gasteiger partial charge in [0, 0.05) is 12.5 Å². The molecule has 1 atom stereocenters. The summed E-state index contributed by atoms with van der Waals surface area (Å²) in [5, 5.41) is 0.461. The fourth-order valence-corrected chi connectivity index (χ4v) is 6.62. The maximum Gasteiger partial charge on any atom is 0.242 e. The van der Waals surface area contributed by atoms with E-state index in [1.807, 2.05) is 0 Å². The van der Waals surface area contributed by atoms with Crippen LogP contribution in [0.25, 0.3) is 0 Å². The van der Waals surface area contributed by atoms with Crippen LogP contribution < -0.4 is 4.72 Å². The molecule has 2 aromatic rings. The summed E-state index contributed by atoms with van der Waals surface area (Å²) in [6.07, 6.45) is 9.77. The van der Waals surface area contributed by atoms with Crippen LogP contribution in [-0.4, -0.2) is 15.0 Å². The molecule has 2 aromatic carbocycles. The molecule has 3 nitrogen and oxygen atoms in total. The van der Waals surface area contributed by atoms with Crippen LogP contribution in [0.5, 0.6) is 0 Å². The van der Waals surface area contributed by atoms with E-state index in [4.69, 9.17) is 34.8 Å². The van der Waals surface area contributed by atoms with Crippen molar-refractivity contribution in [3.05, 3.63) is 73.7 Å². The van der Waals surface area contributed by atoms with Crippen molar-refractivity contribution in [3.63, 3.8) is 0 Å². The minimum absolute atomic E-state index is 0.0418. The summed E-state index contributed by atoms with van der Waals surface area (Å²) < 4.78 is 27.7. The van der Waals surface area contributed by atoms with Gasteiger partial charge in [-0.3, -0.25) is 0 Å². The van der Waals surface area contributed by atoms with E-state index in [-0.39, 0.29) is 20.0 Å². The van der Waals surface area contributed by atoms with Gasteiger partial charge < -0.3 is 0 Å². The fourth-order valence-electron chi connectivity index (χ4n) is 4.54. The lowest BCUT2D eigenvalue weighted by molar-refractivity contribution is 0.576. The highest BCUT2D eigenvalue weighted by Gasteiger charge is 2.26. The zero-order chi connectivity index (χ0) is 21.3. The van der Waals surface area contributed by atoms with Crippen LogP contribution in [-0.2, 0) is 22.9 Å². The van der Waals surface area contributed by atoms with E-state index >= 15 is 0 Å². The Morgan fingerprint density at radius 1 is 0.933 bits per heavy atom. The molecule has 160 valence electrons. The van der Waals surface area contributed by atoms with E-state index < -0.39 is 10.0 Å². The van der Waals surface area contributed by atoms with E-state index in [2.05, 4.69) is 29.0 Å². The number of hydrogen-bond donors (Lipinski definition) is 1. The van der Waals surface area contributed by atoms with Gasteiger partial charge in [-0.2, -0.15) is 0 Å². The molecule has 0 saturated heterocycles. The van der Waals surface area contributed by atoms with Crippen molar-refractivity contribution < 1.29 is 8.42 Å². The van der Waals surface area contributed by atoms with Gasteiger partial charge in [0.1, 0.15) is 4.90 Å². The lowest BCUT2D eigenvalue weighted by Crippen LogP contribution is -2.25. The predicted octanol–water partition coefficient (Wildman–Crippen LogP) is 6.70. The van der Waals surface area contributed by atoms with E-state index in [1.54, 1.807) is 5.56 Å². The molecule has 7 heteroatoms. The summed E-state index contributed by atoms with van der Waals surface area (Å²) in [6.45, 7) is 0.361. The van der Waals surface area contributed by atoms with Gasteiger partial charge >= 0.3 is 0 Å². The van der Waals surface area contributed by atoms with Crippen molar-refractivity contribution in [1.82, 2.24) is 4.72 Å². The maximum atomic E-state index is 12.5. The van der Waals surface area contributed by atoms with Gasteiger partial charge in [0.25, 0.3) is 0 Å². The number of benzene rings is 2.